The summed E-state index contributed by atoms with van der Waals surface area (Å²) >= 11 is 1.70. The Morgan fingerprint density at radius 1 is 1.62 bits per heavy atom. The van der Waals surface area contributed by atoms with E-state index in [4.69, 9.17) is 5.73 Å². The molecule has 88 valence electrons. The topological polar surface area (TPSA) is 68.0 Å². The van der Waals surface area contributed by atoms with Crippen LogP contribution >= 0.6 is 11.8 Å². The van der Waals surface area contributed by atoms with E-state index in [1.165, 1.54) is 0 Å². The Kier molecular flexibility index (Phi) is 5.11. The molecule has 1 amide bonds. The lowest BCUT2D eigenvalue weighted by molar-refractivity contribution is -0.118. The van der Waals surface area contributed by atoms with Gasteiger partial charge < -0.3 is 11.1 Å². The monoisotopic (exact) mass is 239 g/mol. The molecule has 1 unspecified atom stereocenters. The molecule has 0 aliphatic rings. The van der Waals surface area contributed by atoms with E-state index in [1.54, 1.807) is 18.0 Å². The van der Waals surface area contributed by atoms with Crippen LogP contribution in [0.2, 0.25) is 0 Å². The molecule has 0 aromatic carbocycles. The largest absolute Gasteiger partial charge is 0.381 e. The van der Waals surface area contributed by atoms with Crippen LogP contribution in [0.3, 0.4) is 0 Å². The Labute approximate surface area is 100 Å². The molecule has 1 heterocycles. The van der Waals surface area contributed by atoms with Crippen LogP contribution in [0.1, 0.15) is 20.3 Å². The maximum atomic E-state index is 10.7. The van der Waals surface area contributed by atoms with Crippen molar-refractivity contribution < 1.29 is 4.79 Å². The fourth-order valence-corrected chi connectivity index (χ4v) is 1.92. The maximum Gasteiger partial charge on any atom is 0.219 e. The van der Waals surface area contributed by atoms with Crippen LogP contribution in [0, 0.1) is 0 Å². The molecule has 3 N–H and O–H groups in total. The fraction of sp³-hybridized carbons (Fsp3) is 0.455. The lowest BCUT2D eigenvalue weighted by Crippen LogP contribution is -2.23. The summed E-state index contributed by atoms with van der Waals surface area (Å²) in [6, 6.07) is 3.96. The molecule has 1 rings (SSSR count). The van der Waals surface area contributed by atoms with Crippen molar-refractivity contribution in [1.29, 1.82) is 0 Å². The maximum absolute atomic E-state index is 10.7. The van der Waals surface area contributed by atoms with Crippen LogP contribution < -0.4 is 11.1 Å². The van der Waals surface area contributed by atoms with Gasteiger partial charge in [-0.15, -0.1) is 11.8 Å². The first-order valence-corrected chi connectivity index (χ1v) is 6.24. The molecule has 0 saturated heterocycles. The number of pyridine rings is 1. The van der Waals surface area contributed by atoms with E-state index in [0.717, 1.165) is 16.5 Å². The average Bonchev–Trinajstić information content (AvgIpc) is 2.20. The molecule has 1 aromatic heterocycles. The minimum atomic E-state index is -0.300. The first-order chi connectivity index (χ1) is 7.61. The van der Waals surface area contributed by atoms with Crippen molar-refractivity contribution in [3.63, 3.8) is 0 Å². The van der Waals surface area contributed by atoms with Gasteiger partial charge in [-0.05, 0) is 24.8 Å². The van der Waals surface area contributed by atoms with E-state index < -0.39 is 0 Å². The van der Waals surface area contributed by atoms with Crippen molar-refractivity contribution in [3.8, 4) is 0 Å². The van der Waals surface area contributed by atoms with Crippen molar-refractivity contribution in [1.82, 2.24) is 4.98 Å². The van der Waals surface area contributed by atoms with Gasteiger partial charge in [0.2, 0.25) is 5.91 Å². The number of thioether (sulfide) groups is 1. The number of carbonyl (C=O) groups excluding carboxylic acids is 1. The minimum absolute atomic E-state index is 0.0315. The zero-order chi connectivity index (χ0) is 12.0. The molecule has 1 aromatic rings. The summed E-state index contributed by atoms with van der Waals surface area (Å²) in [5, 5.41) is 4.18. The summed E-state index contributed by atoms with van der Waals surface area (Å²) in [7, 11) is 0. The molecule has 0 aliphatic heterocycles. The van der Waals surface area contributed by atoms with Gasteiger partial charge >= 0.3 is 0 Å². The normalized spacial score (nSPS) is 12.1. The predicted octanol–water partition coefficient (Wildman–Crippen LogP) is 1.87. The highest BCUT2D eigenvalue weighted by Crippen LogP contribution is 2.17. The molecule has 0 saturated carbocycles. The lowest BCUT2D eigenvalue weighted by Gasteiger charge is -2.13. The van der Waals surface area contributed by atoms with Crippen molar-refractivity contribution in [2.75, 3.05) is 11.1 Å². The zero-order valence-corrected chi connectivity index (χ0v) is 10.4. The number of carbonyl (C=O) groups is 1. The Morgan fingerprint density at radius 2 is 2.38 bits per heavy atom. The SMILES string of the molecule is CCSc1ccc(NC(C)CC(N)=O)cn1. The third-order valence-corrected chi connectivity index (χ3v) is 2.77. The highest BCUT2D eigenvalue weighted by molar-refractivity contribution is 7.99. The smallest absolute Gasteiger partial charge is 0.219 e. The molecule has 0 aliphatic carbocycles. The summed E-state index contributed by atoms with van der Waals surface area (Å²) in [6.07, 6.45) is 2.10. The number of nitrogens with two attached hydrogens (primary N) is 1. The van der Waals surface area contributed by atoms with E-state index in [0.29, 0.717) is 6.42 Å². The van der Waals surface area contributed by atoms with Gasteiger partial charge in [0.25, 0.3) is 0 Å². The van der Waals surface area contributed by atoms with E-state index in [2.05, 4.69) is 17.2 Å². The van der Waals surface area contributed by atoms with E-state index in [9.17, 15) is 4.79 Å². The van der Waals surface area contributed by atoms with Gasteiger partial charge in [-0.1, -0.05) is 6.92 Å². The summed E-state index contributed by atoms with van der Waals surface area (Å²) in [5.74, 6) is 0.712. The quantitative estimate of drug-likeness (QED) is 0.744. The summed E-state index contributed by atoms with van der Waals surface area (Å²) < 4.78 is 0. The van der Waals surface area contributed by atoms with Gasteiger partial charge in [-0.25, -0.2) is 4.98 Å². The number of nitrogens with zero attached hydrogens (tertiary/aromatic N) is 1. The summed E-state index contributed by atoms with van der Waals surface area (Å²) in [4.78, 5) is 15.0. The summed E-state index contributed by atoms with van der Waals surface area (Å²) in [6.45, 7) is 4.01. The van der Waals surface area contributed by atoms with Crippen LogP contribution in [0.4, 0.5) is 5.69 Å². The Hall–Kier alpha value is -1.23. The van der Waals surface area contributed by atoms with Gasteiger partial charge in [0.1, 0.15) is 0 Å². The Morgan fingerprint density at radius 3 is 2.88 bits per heavy atom. The Balaban J connectivity index is 2.51. The molecule has 5 heteroatoms. The highest BCUT2D eigenvalue weighted by atomic mass is 32.2. The van der Waals surface area contributed by atoms with Gasteiger partial charge in [-0.2, -0.15) is 0 Å². The standard InChI is InChI=1S/C11H17N3OS/c1-3-16-11-5-4-9(7-13-11)14-8(2)6-10(12)15/h4-5,7-8,14H,3,6H2,1-2H3,(H2,12,15). The van der Waals surface area contributed by atoms with Crippen LogP contribution in [0.15, 0.2) is 23.4 Å². The number of anilines is 1. The van der Waals surface area contributed by atoms with Crippen LogP contribution in [-0.2, 0) is 4.79 Å². The first kappa shape index (κ1) is 12.8. The lowest BCUT2D eigenvalue weighted by atomic mass is 10.2. The van der Waals surface area contributed by atoms with Crippen LogP contribution in [0.5, 0.6) is 0 Å². The predicted molar refractivity (Wildman–Crippen MR) is 67.5 cm³/mol. The van der Waals surface area contributed by atoms with Gasteiger partial charge in [0.05, 0.1) is 16.9 Å². The van der Waals surface area contributed by atoms with Crippen molar-refractivity contribution in [3.05, 3.63) is 18.3 Å². The second kappa shape index (κ2) is 6.37. The van der Waals surface area contributed by atoms with Gasteiger partial charge in [-0.3, -0.25) is 4.79 Å². The second-order valence-corrected chi connectivity index (χ2v) is 4.82. The molecule has 1 atom stereocenters. The number of amides is 1. The van der Waals surface area contributed by atoms with E-state index >= 15 is 0 Å². The molecule has 0 radical (unpaired) electrons. The third-order valence-electron chi connectivity index (χ3n) is 1.95. The number of nitrogens with one attached hydrogen (secondary N) is 1. The first-order valence-electron chi connectivity index (χ1n) is 5.25. The Bertz CT molecular complexity index is 340. The van der Waals surface area contributed by atoms with E-state index in [1.807, 2.05) is 19.1 Å². The third kappa shape index (κ3) is 4.53. The van der Waals surface area contributed by atoms with Crippen molar-refractivity contribution >= 4 is 23.4 Å². The molecule has 0 bridgehead atoms. The summed E-state index contributed by atoms with van der Waals surface area (Å²) in [5.41, 5.74) is 6.02. The molecule has 4 nitrogen and oxygen atoms in total. The fourth-order valence-electron chi connectivity index (χ4n) is 1.34. The number of hydrogen-bond donors (Lipinski definition) is 2. The number of primary amides is 1. The number of hydrogen-bond acceptors (Lipinski definition) is 4. The van der Waals surface area contributed by atoms with Crippen LogP contribution in [0.25, 0.3) is 0 Å². The number of aromatic nitrogens is 1. The van der Waals surface area contributed by atoms with Gasteiger partial charge in [0, 0.05) is 12.5 Å². The van der Waals surface area contributed by atoms with Crippen LogP contribution in [-0.4, -0.2) is 22.7 Å². The molecular weight excluding hydrogens is 222 g/mol. The highest BCUT2D eigenvalue weighted by Gasteiger charge is 2.05. The number of rotatable bonds is 6. The average molecular weight is 239 g/mol. The van der Waals surface area contributed by atoms with Crippen molar-refractivity contribution in [2.24, 2.45) is 5.73 Å². The minimum Gasteiger partial charge on any atom is -0.381 e. The molecule has 0 spiro atoms. The second-order valence-electron chi connectivity index (χ2n) is 3.53. The molecular formula is C11H17N3OS. The molecule has 0 fully saturated rings. The van der Waals surface area contributed by atoms with E-state index in [-0.39, 0.29) is 11.9 Å². The zero-order valence-electron chi connectivity index (χ0n) is 9.56. The molecule has 16 heavy (non-hydrogen) atoms. The van der Waals surface area contributed by atoms with Gasteiger partial charge in [0.15, 0.2) is 0 Å². The van der Waals surface area contributed by atoms with Crippen molar-refractivity contribution in [2.45, 2.75) is 31.3 Å².